The predicted molar refractivity (Wildman–Crippen MR) is 141 cm³/mol. The number of halogens is 3. The highest BCUT2D eigenvalue weighted by Crippen LogP contribution is 2.46. The molecular weight excluding hydrogens is 562 g/mol. The van der Waals surface area contributed by atoms with Crippen LogP contribution in [0.25, 0.3) is 0 Å². The van der Waals surface area contributed by atoms with E-state index in [1.165, 1.54) is 10.4 Å². The highest BCUT2D eigenvalue weighted by atomic mass is 32.2. The molecule has 10 nitrogen and oxygen atoms in total. The normalized spacial score (nSPS) is 16.7. The van der Waals surface area contributed by atoms with Crippen molar-refractivity contribution in [2.75, 3.05) is 32.6 Å². The second kappa shape index (κ2) is 16.4. The molecule has 1 N–H and O–H groups in total. The highest BCUT2D eigenvalue weighted by molar-refractivity contribution is 7.88. The number of amides is 1. The summed E-state index contributed by atoms with van der Waals surface area (Å²) >= 11 is 0. The molecule has 224 valence electrons. The smallest absolute Gasteiger partial charge is 0.417 e. The van der Waals surface area contributed by atoms with E-state index >= 15 is 0 Å². The van der Waals surface area contributed by atoms with E-state index in [1.54, 1.807) is 20.8 Å². The molecule has 2 unspecified atom stereocenters. The van der Waals surface area contributed by atoms with Gasteiger partial charge in [0, 0.05) is 25.7 Å². The fraction of sp³-hybridized carbons (Fsp3) is 0.708. The predicted octanol–water partition coefficient (Wildman–Crippen LogP) is 4.41. The summed E-state index contributed by atoms with van der Waals surface area (Å²) in [6, 6.07) is 1.33. The zero-order chi connectivity index (χ0) is 29.8. The molecule has 1 aromatic heterocycles. The Hall–Kier alpha value is -1.86. The first-order valence-electron chi connectivity index (χ1n) is 12.8. The van der Waals surface area contributed by atoms with Gasteiger partial charge in [0.05, 0.1) is 36.8 Å². The number of nitrogens with zero attached hydrogens (tertiary/aromatic N) is 2. The lowest BCUT2D eigenvalue weighted by atomic mass is 10.1. The molecule has 1 aliphatic heterocycles. The molecule has 0 bridgehead atoms. The number of nitrogens with one attached hydrogen (secondary N) is 1. The second-order valence-corrected chi connectivity index (χ2v) is 12.1. The maximum atomic E-state index is 13.1. The summed E-state index contributed by atoms with van der Waals surface area (Å²) < 4.78 is 79.9. The van der Waals surface area contributed by atoms with Crippen LogP contribution in [0.2, 0.25) is 0 Å². The van der Waals surface area contributed by atoms with Crippen LogP contribution in [0.5, 0.6) is 0 Å². The lowest BCUT2D eigenvalue weighted by Crippen LogP contribution is -2.42. The summed E-state index contributed by atoms with van der Waals surface area (Å²) in [5.74, 6) is -1.25. The van der Waals surface area contributed by atoms with Gasteiger partial charge in [-0.1, -0.05) is 13.8 Å². The van der Waals surface area contributed by atoms with Crippen LogP contribution in [0.1, 0.15) is 71.2 Å². The number of pyridine rings is 1. The Bertz CT molecular complexity index is 999. The van der Waals surface area contributed by atoms with Gasteiger partial charge >= 0.3 is 12.1 Å². The van der Waals surface area contributed by atoms with E-state index in [0.717, 1.165) is 12.3 Å². The molecule has 39 heavy (non-hydrogen) atoms. The monoisotopic (exact) mass is 601 g/mol. The van der Waals surface area contributed by atoms with Crippen molar-refractivity contribution in [3.8, 4) is 0 Å². The van der Waals surface area contributed by atoms with Crippen LogP contribution in [0.15, 0.2) is 18.3 Å². The number of ether oxygens (including phenoxy) is 1. The maximum Gasteiger partial charge on any atom is 0.417 e. The largest absolute Gasteiger partial charge is 0.462 e. The first-order valence-corrected chi connectivity index (χ1v) is 15.9. The van der Waals surface area contributed by atoms with Crippen LogP contribution in [0.3, 0.4) is 0 Å². The first-order chi connectivity index (χ1) is 18.3. The summed E-state index contributed by atoms with van der Waals surface area (Å²) in [5.41, 5.74) is -1.75. The highest BCUT2D eigenvalue weighted by Gasteiger charge is 2.37. The van der Waals surface area contributed by atoms with Crippen molar-refractivity contribution in [3.63, 3.8) is 0 Å². The zero-order valence-corrected chi connectivity index (χ0v) is 24.9. The number of hydrogen-bond acceptors (Lipinski definition) is 8. The second-order valence-electron chi connectivity index (χ2n) is 8.40. The fourth-order valence-corrected chi connectivity index (χ4v) is 5.98. The molecule has 0 radical (unpaired) electrons. The Morgan fingerprint density at radius 2 is 1.72 bits per heavy atom. The maximum absolute atomic E-state index is 13.1. The van der Waals surface area contributed by atoms with Crippen molar-refractivity contribution in [1.82, 2.24) is 14.6 Å². The number of carbonyl (C=O) groups is 2. The van der Waals surface area contributed by atoms with Gasteiger partial charge in [-0.15, -0.1) is 0 Å². The quantitative estimate of drug-likeness (QED) is 0.276. The van der Waals surface area contributed by atoms with Gasteiger partial charge in [0.15, 0.2) is 8.38 Å². The van der Waals surface area contributed by atoms with E-state index < -0.39 is 59.8 Å². The van der Waals surface area contributed by atoms with Gasteiger partial charge in [-0.2, -0.15) is 13.2 Å². The van der Waals surface area contributed by atoms with Crippen molar-refractivity contribution in [2.45, 2.75) is 77.9 Å². The third kappa shape index (κ3) is 11.6. The molecular formula is C24H39F3N3O7PS. The molecule has 2 atom stereocenters. The number of hydrogen-bond donors (Lipinski definition) is 1. The summed E-state index contributed by atoms with van der Waals surface area (Å²) in [4.78, 5) is 29.7. The van der Waals surface area contributed by atoms with E-state index in [0.29, 0.717) is 19.0 Å². The molecule has 0 aromatic carbocycles. The van der Waals surface area contributed by atoms with Crippen LogP contribution >= 0.6 is 8.38 Å². The Morgan fingerprint density at radius 3 is 2.15 bits per heavy atom. The fourth-order valence-electron chi connectivity index (χ4n) is 3.62. The molecule has 1 fully saturated rings. The first kappa shape index (κ1) is 35.2. The lowest BCUT2D eigenvalue weighted by Gasteiger charge is -2.31. The number of aromatic nitrogens is 1. The third-order valence-corrected chi connectivity index (χ3v) is 8.74. The molecule has 0 spiro atoms. The van der Waals surface area contributed by atoms with Gasteiger partial charge in [0.2, 0.25) is 15.9 Å². The standard InChI is InChI=1S/C22H33F3N3O7PS.C2H6/c1-5-33-36(34-6-2)19(21(30)35-17-9-11-28(12-10-17)37(4,31)32)13-20(29)27-15(3)18-8-7-16(14-26-18)22(23,24)25;1-2/h7-8,14-15,17,19H,5-6,9-13H2,1-4H3,(H,27,29);1-2H3. The SMILES string of the molecule is CC.CCOP(OCC)C(CC(=O)NC(C)c1ccc(C(F)(F)F)cn1)C(=O)OC1CCN(S(C)(=O)=O)CC1. The number of rotatable bonds is 12. The van der Waals surface area contributed by atoms with Gasteiger partial charge in [0.25, 0.3) is 0 Å². The zero-order valence-electron chi connectivity index (χ0n) is 23.2. The third-order valence-electron chi connectivity index (χ3n) is 5.51. The Labute approximate surface area is 229 Å². The lowest BCUT2D eigenvalue weighted by molar-refractivity contribution is -0.151. The van der Waals surface area contributed by atoms with Gasteiger partial charge in [-0.05, 0) is 45.7 Å². The Morgan fingerprint density at radius 1 is 1.15 bits per heavy atom. The van der Waals surface area contributed by atoms with E-state index in [9.17, 15) is 31.2 Å². The van der Waals surface area contributed by atoms with Crippen LogP contribution in [-0.2, 0) is 39.6 Å². The molecule has 0 saturated carbocycles. The average molecular weight is 602 g/mol. The van der Waals surface area contributed by atoms with Crippen molar-refractivity contribution in [1.29, 1.82) is 0 Å². The average Bonchev–Trinajstić information content (AvgIpc) is 2.87. The number of esters is 1. The van der Waals surface area contributed by atoms with E-state index in [2.05, 4.69) is 10.3 Å². The summed E-state index contributed by atoms with van der Waals surface area (Å²) in [7, 11) is -5.17. The van der Waals surface area contributed by atoms with E-state index in [1.807, 2.05) is 13.8 Å². The van der Waals surface area contributed by atoms with Gasteiger partial charge in [0.1, 0.15) is 11.8 Å². The van der Waals surface area contributed by atoms with Crippen LogP contribution in [0, 0.1) is 0 Å². The number of sulfonamides is 1. The molecule has 2 heterocycles. The summed E-state index contributed by atoms with van der Waals surface area (Å²) in [5, 5.41) is 2.64. The van der Waals surface area contributed by atoms with Gasteiger partial charge in [-0.3, -0.25) is 14.6 Å². The molecule has 1 aliphatic rings. The van der Waals surface area contributed by atoms with Crippen molar-refractivity contribution < 1.29 is 45.0 Å². The number of carbonyl (C=O) groups excluding carboxylic acids is 2. The minimum Gasteiger partial charge on any atom is -0.462 e. The van der Waals surface area contributed by atoms with Crippen LogP contribution in [0.4, 0.5) is 13.2 Å². The minimum atomic E-state index is -4.53. The Balaban J connectivity index is 0.00000371. The van der Waals surface area contributed by atoms with E-state index in [4.69, 9.17) is 13.8 Å². The van der Waals surface area contributed by atoms with Crippen LogP contribution < -0.4 is 5.32 Å². The van der Waals surface area contributed by atoms with Gasteiger partial charge in [-0.25, -0.2) is 12.7 Å². The summed E-state index contributed by atoms with van der Waals surface area (Å²) in [6.07, 6.45) is -2.94. The molecule has 1 aromatic rings. The topological polar surface area (TPSA) is 124 Å². The molecule has 1 amide bonds. The molecule has 15 heteroatoms. The van der Waals surface area contributed by atoms with E-state index in [-0.39, 0.29) is 38.4 Å². The van der Waals surface area contributed by atoms with Crippen molar-refractivity contribution in [3.05, 3.63) is 29.6 Å². The Kier molecular flexibility index (Phi) is 14.8. The van der Waals surface area contributed by atoms with Crippen molar-refractivity contribution in [2.24, 2.45) is 0 Å². The summed E-state index contributed by atoms with van der Waals surface area (Å²) in [6.45, 7) is 9.89. The molecule has 2 rings (SSSR count). The minimum absolute atomic E-state index is 0.214. The molecule has 0 aliphatic carbocycles. The number of piperidine rings is 1. The molecule has 1 saturated heterocycles. The van der Waals surface area contributed by atoms with Gasteiger partial charge < -0.3 is 19.1 Å². The van der Waals surface area contributed by atoms with Crippen molar-refractivity contribution >= 4 is 30.3 Å². The van der Waals surface area contributed by atoms with Crippen LogP contribution in [-0.4, -0.2) is 73.9 Å². The number of alkyl halides is 3.